The number of carbonyl (C=O) groups excluding carboxylic acids is 1. The lowest BCUT2D eigenvalue weighted by Crippen LogP contribution is -2.18. The zero-order valence-corrected chi connectivity index (χ0v) is 10.7. The van der Waals surface area contributed by atoms with Crippen molar-refractivity contribution >= 4 is 22.6 Å². The summed E-state index contributed by atoms with van der Waals surface area (Å²) in [7, 11) is 1.36. The number of carbonyl (C=O) groups is 1. The van der Waals surface area contributed by atoms with Crippen LogP contribution in [0.25, 0.3) is 10.9 Å². The van der Waals surface area contributed by atoms with Gasteiger partial charge in [0.25, 0.3) is 5.69 Å². The number of nitro benzene ring substituents is 1. The standard InChI is InChI=1S/C13H14N2O4/c1-9(13(16)19-2)8-14-6-5-10-7-11(15(17)18)3-4-12(10)14/h3-7,9H,8H2,1-2H3. The van der Waals surface area contributed by atoms with E-state index in [1.165, 1.54) is 19.2 Å². The SMILES string of the molecule is COC(=O)C(C)Cn1ccc2cc([N+](=O)[O-])ccc21. The molecule has 2 rings (SSSR count). The fourth-order valence-corrected chi connectivity index (χ4v) is 2.03. The summed E-state index contributed by atoms with van der Waals surface area (Å²) in [5.74, 6) is -0.542. The van der Waals surface area contributed by atoms with Crippen LogP contribution in [0.15, 0.2) is 30.5 Å². The van der Waals surface area contributed by atoms with Crippen molar-refractivity contribution in [2.45, 2.75) is 13.5 Å². The molecular formula is C13H14N2O4. The van der Waals surface area contributed by atoms with E-state index in [9.17, 15) is 14.9 Å². The molecule has 0 amide bonds. The molecule has 1 aromatic carbocycles. The van der Waals surface area contributed by atoms with Crippen LogP contribution in [0, 0.1) is 16.0 Å². The topological polar surface area (TPSA) is 74.4 Å². The van der Waals surface area contributed by atoms with E-state index < -0.39 is 4.92 Å². The normalized spacial score (nSPS) is 12.3. The van der Waals surface area contributed by atoms with Crippen LogP contribution in [0.2, 0.25) is 0 Å². The summed E-state index contributed by atoms with van der Waals surface area (Å²) >= 11 is 0. The van der Waals surface area contributed by atoms with Crippen molar-refractivity contribution in [3.8, 4) is 0 Å². The van der Waals surface area contributed by atoms with E-state index in [4.69, 9.17) is 0 Å². The van der Waals surface area contributed by atoms with Gasteiger partial charge >= 0.3 is 5.97 Å². The monoisotopic (exact) mass is 262 g/mol. The van der Waals surface area contributed by atoms with Crippen LogP contribution in [0.3, 0.4) is 0 Å². The van der Waals surface area contributed by atoms with Crippen molar-refractivity contribution in [3.63, 3.8) is 0 Å². The average molecular weight is 262 g/mol. The van der Waals surface area contributed by atoms with Gasteiger partial charge in [0.2, 0.25) is 0 Å². The highest BCUT2D eigenvalue weighted by atomic mass is 16.6. The molecule has 6 nitrogen and oxygen atoms in total. The van der Waals surface area contributed by atoms with Gasteiger partial charge in [-0.2, -0.15) is 0 Å². The molecule has 0 saturated carbocycles. The summed E-state index contributed by atoms with van der Waals surface area (Å²) < 4.78 is 6.57. The predicted octanol–water partition coefficient (Wildman–Crippen LogP) is 2.36. The van der Waals surface area contributed by atoms with E-state index >= 15 is 0 Å². The molecule has 1 aromatic heterocycles. The molecule has 19 heavy (non-hydrogen) atoms. The summed E-state index contributed by atoms with van der Waals surface area (Å²) in [5, 5.41) is 11.5. The van der Waals surface area contributed by atoms with Gasteiger partial charge in [-0.3, -0.25) is 14.9 Å². The Morgan fingerprint density at radius 1 is 1.47 bits per heavy atom. The Balaban J connectivity index is 2.31. The van der Waals surface area contributed by atoms with Crippen molar-refractivity contribution in [2.24, 2.45) is 5.92 Å². The van der Waals surface area contributed by atoms with Crippen LogP contribution in [-0.2, 0) is 16.1 Å². The Morgan fingerprint density at radius 2 is 2.21 bits per heavy atom. The van der Waals surface area contributed by atoms with Gasteiger partial charge in [0, 0.05) is 35.8 Å². The fraction of sp³-hybridized carbons (Fsp3) is 0.308. The van der Waals surface area contributed by atoms with Crippen LogP contribution in [0.1, 0.15) is 6.92 Å². The Labute approximate surface area is 109 Å². The zero-order chi connectivity index (χ0) is 14.0. The van der Waals surface area contributed by atoms with Crippen LogP contribution in [0.5, 0.6) is 0 Å². The molecule has 1 heterocycles. The first kappa shape index (κ1) is 13.1. The van der Waals surface area contributed by atoms with Gasteiger partial charge in [-0.25, -0.2) is 0 Å². The van der Waals surface area contributed by atoms with Gasteiger partial charge in [0.1, 0.15) is 0 Å². The molecule has 0 aliphatic heterocycles. The number of benzene rings is 1. The lowest BCUT2D eigenvalue weighted by atomic mass is 10.2. The number of methoxy groups -OCH3 is 1. The minimum Gasteiger partial charge on any atom is -0.469 e. The van der Waals surface area contributed by atoms with E-state index in [0.717, 1.165) is 10.9 Å². The summed E-state index contributed by atoms with van der Waals surface area (Å²) in [6.45, 7) is 2.26. The second-order valence-electron chi connectivity index (χ2n) is 4.39. The molecule has 0 fully saturated rings. The van der Waals surface area contributed by atoms with Gasteiger partial charge in [-0.15, -0.1) is 0 Å². The molecule has 0 aliphatic carbocycles. The van der Waals surface area contributed by atoms with Gasteiger partial charge < -0.3 is 9.30 Å². The Bertz CT molecular complexity index is 633. The molecule has 1 unspecified atom stereocenters. The number of rotatable bonds is 4. The molecule has 2 aromatic rings. The molecule has 0 saturated heterocycles. The Morgan fingerprint density at radius 3 is 2.84 bits per heavy atom. The summed E-state index contributed by atoms with van der Waals surface area (Å²) in [6.07, 6.45) is 1.81. The average Bonchev–Trinajstić information content (AvgIpc) is 2.80. The minimum absolute atomic E-state index is 0.0614. The number of hydrogen-bond donors (Lipinski definition) is 0. The molecule has 6 heteroatoms. The molecule has 0 bridgehead atoms. The van der Waals surface area contributed by atoms with E-state index in [1.54, 1.807) is 19.1 Å². The lowest BCUT2D eigenvalue weighted by molar-refractivity contribution is -0.384. The van der Waals surface area contributed by atoms with E-state index in [-0.39, 0.29) is 17.6 Å². The first-order valence-corrected chi connectivity index (χ1v) is 5.84. The number of hydrogen-bond acceptors (Lipinski definition) is 4. The minimum atomic E-state index is -0.423. The highest BCUT2D eigenvalue weighted by Crippen LogP contribution is 2.22. The number of nitro groups is 1. The van der Waals surface area contributed by atoms with E-state index in [1.807, 2.05) is 10.8 Å². The first-order chi connectivity index (χ1) is 9.02. The molecule has 0 spiro atoms. The third-order valence-electron chi connectivity index (χ3n) is 3.04. The van der Waals surface area contributed by atoms with Crippen molar-refractivity contribution in [1.29, 1.82) is 0 Å². The third-order valence-corrected chi connectivity index (χ3v) is 3.04. The quantitative estimate of drug-likeness (QED) is 0.481. The predicted molar refractivity (Wildman–Crippen MR) is 69.8 cm³/mol. The number of esters is 1. The molecule has 0 radical (unpaired) electrons. The summed E-state index contributed by atoms with van der Waals surface area (Å²) in [5.41, 5.74) is 0.924. The van der Waals surface area contributed by atoms with Crippen molar-refractivity contribution in [1.82, 2.24) is 4.57 Å². The number of non-ortho nitro benzene ring substituents is 1. The van der Waals surface area contributed by atoms with E-state index in [2.05, 4.69) is 4.74 Å². The third kappa shape index (κ3) is 2.57. The van der Waals surface area contributed by atoms with Crippen LogP contribution >= 0.6 is 0 Å². The summed E-state index contributed by atoms with van der Waals surface area (Å²) in [4.78, 5) is 21.7. The first-order valence-electron chi connectivity index (χ1n) is 5.84. The molecule has 100 valence electrons. The number of ether oxygens (including phenoxy) is 1. The maximum Gasteiger partial charge on any atom is 0.310 e. The van der Waals surface area contributed by atoms with Gasteiger partial charge in [0.05, 0.1) is 18.0 Å². The lowest BCUT2D eigenvalue weighted by Gasteiger charge is -2.11. The van der Waals surface area contributed by atoms with Crippen molar-refractivity contribution in [3.05, 3.63) is 40.6 Å². The summed E-state index contributed by atoms with van der Waals surface area (Å²) in [6, 6.07) is 6.47. The number of fused-ring (bicyclic) bond motifs is 1. The zero-order valence-electron chi connectivity index (χ0n) is 10.7. The highest BCUT2D eigenvalue weighted by molar-refractivity contribution is 5.82. The van der Waals surface area contributed by atoms with E-state index in [0.29, 0.717) is 6.54 Å². The molecule has 0 N–H and O–H groups in total. The maximum atomic E-state index is 11.4. The van der Waals surface area contributed by atoms with Crippen molar-refractivity contribution in [2.75, 3.05) is 7.11 Å². The maximum absolute atomic E-state index is 11.4. The highest BCUT2D eigenvalue weighted by Gasteiger charge is 2.15. The van der Waals surface area contributed by atoms with Gasteiger partial charge in [-0.1, -0.05) is 6.92 Å². The van der Waals surface area contributed by atoms with Crippen molar-refractivity contribution < 1.29 is 14.5 Å². The largest absolute Gasteiger partial charge is 0.469 e. The molecule has 1 atom stereocenters. The molecule has 0 aliphatic rings. The van der Waals surface area contributed by atoms with Crippen LogP contribution < -0.4 is 0 Å². The van der Waals surface area contributed by atoms with Crippen LogP contribution in [-0.4, -0.2) is 22.6 Å². The second kappa shape index (κ2) is 5.09. The number of aromatic nitrogens is 1. The smallest absolute Gasteiger partial charge is 0.310 e. The number of nitrogens with zero attached hydrogens (tertiary/aromatic N) is 2. The fourth-order valence-electron chi connectivity index (χ4n) is 2.03. The Kier molecular flexibility index (Phi) is 3.50. The second-order valence-corrected chi connectivity index (χ2v) is 4.39. The van der Waals surface area contributed by atoms with Crippen LogP contribution in [0.4, 0.5) is 5.69 Å². The Hall–Kier alpha value is -2.37. The molecular weight excluding hydrogens is 248 g/mol. The van der Waals surface area contributed by atoms with Gasteiger partial charge in [0.15, 0.2) is 0 Å². The van der Waals surface area contributed by atoms with Gasteiger partial charge in [-0.05, 0) is 12.1 Å².